The molecule has 0 bridgehead atoms. The number of hydrogen-bond acceptors (Lipinski definition) is 5. The van der Waals surface area contributed by atoms with E-state index in [1.54, 1.807) is 13.2 Å². The Bertz CT molecular complexity index is 672. The number of nitriles is 1. The highest BCUT2D eigenvalue weighted by molar-refractivity contribution is 5.35. The molecule has 0 saturated heterocycles. The van der Waals surface area contributed by atoms with Gasteiger partial charge in [-0.15, -0.1) is 5.10 Å². The van der Waals surface area contributed by atoms with Crippen LogP contribution in [0.5, 0.6) is 0 Å². The SMILES string of the molecule is COC1CCC(c2cccc(C#N)c2)n2nc(N)nc21. The zero-order valence-electron chi connectivity index (χ0n) is 11.2. The molecule has 0 fully saturated rings. The molecule has 102 valence electrons. The minimum Gasteiger partial charge on any atom is -0.373 e. The molecule has 0 saturated carbocycles. The Morgan fingerprint density at radius 3 is 3.05 bits per heavy atom. The van der Waals surface area contributed by atoms with E-state index in [0.29, 0.717) is 5.56 Å². The van der Waals surface area contributed by atoms with Crippen LogP contribution < -0.4 is 5.73 Å². The maximum absolute atomic E-state index is 9.02. The van der Waals surface area contributed by atoms with Crippen LogP contribution in [0.3, 0.4) is 0 Å². The lowest BCUT2D eigenvalue weighted by atomic mass is 9.95. The van der Waals surface area contributed by atoms with Crippen molar-refractivity contribution in [3.05, 3.63) is 41.2 Å². The molecule has 2 heterocycles. The molecule has 1 aromatic carbocycles. The molecule has 1 aliphatic heterocycles. The summed E-state index contributed by atoms with van der Waals surface area (Å²) in [5, 5.41) is 13.3. The lowest BCUT2D eigenvalue weighted by molar-refractivity contribution is 0.0649. The Balaban J connectivity index is 2.05. The Morgan fingerprint density at radius 1 is 1.45 bits per heavy atom. The van der Waals surface area contributed by atoms with E-state index in [4.69, 9.17) is 15.7 Å². The van der Waals surface area contributed by atoms with E-state index >= 15 is 0 Å². The van der Waals surface area contributed by atoms with Crippen molar-refractivity contribution in [3.63, 3.8) is 0 Å². The molecule has 0 aliphatic carbocycles. The van der Waals surface area contributed by atoms with Gasteiger partial charge in [0, 0.05) is 7.11 Å². The molecule has 6 heteroatoms. The number of rotatable bonds is 2. The van der Waals surface area contributed by atoms with Gasteiger partial charge in [-0.1, -0.05) is 12.1 Å². The third kappa shape index (κ3) is 2.02. The van der Waals surface area contributed by atoms with E-state index in [2.05, 4.69) is 16.2 Å². The highest BCUT2D eigenvalue weighted by atomic mass is 16.5. The molecule has 1 aliphatic rings. The first-order chi connectivity index (χ1) is 9.72. The predicted octanol–water partition coefficient (Wildman–Crippen LogP) is 1.80. The van der Waals surface area contributed by atoms with Gasteiger partial charge in [0.1, 0.15) is 6.10 Å². The third-order valence-corrected chi connectivity index (χ3v) is 3.64. The van der Waals surface area contributed by atoms with E-state index in [1.165, 1.54) is 0 Å². The average Bonchev–Trinajstić information content (AvgIpc) is 2.87. The summed E-state index contributed by atoms with van der Waals surface area (Å²) in [4.78, 5) is 4.26. The summed E-state index contributed by atoms with van der Waals surface area (Å²) in [7, 11) is 1.66. The van der Waals surface area contributed by atoms with E-state index in [-0.39, 0.29) is 18.1 Å². The molecule has 3 rings (SSSR count). The van der Waals surface area contributed by atoms with Crippen LogP contribution in [0.25, 0.3) is 0 Å². The molecule has 1 aromatic heterocycles. The van der Waals surface area contributed by atoms with E-state index in [1.807, 2.05) is 22.9 Å². The lowest BCUT2D eigenvalue weighted by Gasteiger charge is -2.28. The first-order valence-corrected chi connectivity index (χ1v) is 6.47. The Labute approximate surface area is 116 Å². The summed E-state index contributed by atoms with van der Waals surface area (Å²) < 4.78 is 7.25. The summed E-state index contributed by atoms with van der Waals surface area (Å²) in [6, 6.07) is 9.78. The number of hydrogen-bond donors (Lipinski definition) is 1. The highest BCUT2D eigenvalue weighted by Crippen LogP contribution is 2.36. The lowest BCUT2D eigenvalue weighted by Crippen LogP contribution is -2.24. The zero-order valence-corrected chi connectivity index (χ0v) is 11.2. The first kappa shape index (κ1) is 12.6. The van der Waals surface area contributed by atoms with E-state index < -0.39 is 0 Å². The van der Waals surface area contributed by atoms with Gasteiger partial charge in [-0.05, 0) is 30.5 Å². The van der Waals surface area contributed by atoms with Gasteiger partial charge >= 0.3 is 0 Å². The topological polar surface area (TPSA) is 89.8 Å². The molecule has 6 nitrogen and oxygen atoms in total. The van der Waals surface area contributed by atoms with Gasteiger partial charge < -0.3 is 10.5 Å². The molecule has 0 amide bonds. The second kappa shape index (κ2) is 4.94. The van der Waals surface area contributed by atoms with Crippen LogP contribution in [-0.2, 0) is 4.74 Å². The average molecular weight is 269 g/mol. The van der Waals surface area contributed by atoms with Gasteiger partial charge in [0.15, 0.2) is 5.82 Å². The van der Waals surface area contributed by atoms with Gasteiger partial charge in [-0.2, -0.15) is 10.2 Å². The van der Waals surface area contributed by atoms with Crippen molar-refractivity contribution in [1.82, 2.24) is 14.8 Å². The smallest absolute Gasteiger partial charge is 0.239 e. The van der Waals surface area contributed by atoms with Crippen molar-refractivity contribution in [1.29, 1.82) is 5.26 Å². The number of fused-ring (bicyclic) bond motifs is 1. The van der Waals surface area contributed by atoms with E-state index in [0.717, 1.165) is 24.2 Å². The van der Waals surface area contributed by atoms with Crippen molar-refractivity contribution in [2.45, 2.75) is 25.0 Å². The summed E-state index contributed by atoms with van der Waals surface area (Å²) >= 11 is 0. The predicted molar refractivity (Wildman–Crippen MR) is 72.7 cm³/mol. The summed E-state index contributed by atoms with van der Waals surface area (Å²) in [5.41, 5.74) is 7.41. The number of benzene rings is 1. The number of nitrogens with two attached hydrogens (primary N) is 1. The molecule has 2 N–H and O–H groups in total. The van der Waals surface area contributed by atoms with Crippen LogP contribution in [0.2, 0.25) is 0 Å². The van der Waals surface area contributed by atoms with Gasteiger partial charge in [-0.3, -0.25) is 0 Å². The molecular weight excluding hydrogens is 254 g/mol. The van der Waals surface area contributed by atoms with Gasteiger partial charge in [0.05, 0.1) is 17.7 Å². The van der Waals surface area contributed by atoms with Gasteiger partial charge in [0.2, 0.25) is 5.95 Å². The molecule has 2 aromatic rings. The standard InChI is InChI=1S/C14H15N5O/c1-20-12-6-5-11(19-13(12)17-14(16)18-19)10-4-2-3-9(7-10)8-15/h2-4,7,11-12H,5-6H2,1H3,(H2,16,18). The van der Waals surface area contributed by atoms with Crippen LogP contribution in [0.15, 0.2) is 24.3 Å². The van der Waals surface area contributed by atoms with E-state index in [9.17, 15) is 0 Å². The third-order valence-electron chi connectivity index (χ3n) is 3.64. The highest BCUT2D eigenvalue weighted by Gasteiger charge is 2.31. The van der Waals surface area contributed by atoms with Gasteiger partial charge in [-0.25, -0.2) is 4.68 Å². The van der Waals surface area contributed by atoms with Crippen molar-refractivity contribution >= 4 is 5.95 Å². The molecule has 0 radical (unpaired) electrons. The fourth-order valence-corrected chi connectivity index (χ4v) is 2.71. The van der Waals surface area contributed by atoms with Crippen LogP contribution in [-0.4, -0.2) is 21.9 Å². The number of anilines is 1. The van der Waals surface area contributed by atoms with Crippen LogP contribution >= 0.6 is 0 Å². The Hall–Kier alpha value is -2.39. The quantitative estimate of drug-likeness (QED) is 0.897. The Morgan fingerprint density at radius 2 is 2.30 bits per heavy atom. The second-order valence-corrected chi connectivity index (χ2v) is 4.83. The van der Waals surface area contributed by atoms with Crippen LogP contribution in [0.1, 0.15) is 41.9 Å². The fourth-order valence-electron chi connectivity index (χ4n) is 2.71. The monoisotopic (exact) mass is 269 g/mol. The van der Waals surface area contributed by atoms with Crippen molar-refractivity contribution in [2.24, 2.45) is 0 Å². The van der Waals surface area contributed by atoms with Crippen molar-refractivity contribution in [2.75, 3.05) is 12.8 Å². The van der Waals surface area contributed by atoms with Crippen LogP contribution in [0, 0.1) is 11.3 Å². The minimum atomic E-state index is -0.0739. The van der Waals surface area contributed by atoms with Crippen LogP contribution in [0.4, 0.5) is 5.95 Å². The van der Waals surface area contributed by atoms with Crippen molar-refractivity contribution in [3.8, 4) is 6.07 Å². The molecule has 20 heavy (non-hydrogen) atoms. The Kier molecular flexibility index (Phi) is 3.12. The zero-order chi connectivity index (χ0) is 14.1. The molecule has 2 atom stereocenters. The second-order valence-electron chi connectivity index (χ2n) is 4.83. The molecule has 0 spiro atoms. The summed E-state index contributed by atoms with van der Waals surface area (Å²) in [6.45, 7) is 0. The molecular formula is C14H15N5O. The summed E-state index contributed by atoms with van der Waals surface area (Å²) in [6.07, 6.45) is 1.66. The number of methoxy groups -OCH3 is 1. The normalized spacial score (nSPS) is 21.2. The fraction of sp³-hybridized carbons (Fsp3) is 0.357. The minimum absolute atomic E-state index is 0.0505. The largest absolute Gasteiger partial charge is 0.373 e. The first-order valence-electron chi connectivity index (χ1n) is 6.47. The summed E-state index contributed by atoms with van der Waals surface area (Å²) in [5.74, 6) is 1.01. The number of nitrogen functional groups attached to an aromatic ring is 1. The number of aromatic nitrogens is 3. The van der Waals surface area contributed by atoms with Gasteiger partial charge in [0.25, 0.3) is 0 Å². The number of nitrogens with zero attached hydrogens (tertiary/aromatic N) is 4. The molecule has 2 unspecified atom stereocenters. The van der Waals surface area contributed by atoms with Crippen molar-refractivity contribution < 1.29 is 4.74 Å². The maximum atomic E-state index is 9.02. The maximum Gasteiger partial charge on any atom is 0.239 e. The number of ether oxygens (including phenoxy) is 1.